The third-order valence-corrected chi connectivity index (χ3v) is 2.23. The molecule has 1 fully saturated rings. The summed E-state index contributed by atoms with van der Waals surface area (Å²) in [5.74, 6) is -0.382. The molecule has 0 aliphatic heterocycles. The monoisotopic (exact) mass is 180 g/mol. The predicted molar refractivity (Wildman–Crippen MR) is 45.5 cm³/mol. The fourth-order valence-corrected chi connectivity index (χ4v) is 1.21. The number of Topliss-reactive ketones (excluding diaryl/α,β-unsaturated/α-hetero) is 1. The molecule has 3 heteroatoms. The van der Waals surface area contributed by atoms with E-state index in [0.29, 0.717) is 18.4 Å². The van der Waals surface area contributed by atoms with Gasteiger partial charge in [0, 0.05) is 5.56 Å². The molecule has 0 spiro atoms. The van der Waals surface area contributed by atoms with Crippen LogP contribution in [0, 0.1) is 0 Å². The highest BCUT2D eigenvalue weighted by molar-refractivity contribution is 6.04. The van der Waals surface area contributed by atoms with Gasteiger partial charge in [-0.3, -0.25) is 4.79 Å². The van der Waals surface area contributed by atoms with Crippen molar-refractivity contribution in [3.63, 3.8) is 0 Å². The van der Waals surface area contributed by atoms with Crippen LogP contribution in [0.15, 0.2) is 24.3 Å². The van der Waals surface area contributed by atoms with Gasteiger partial charge in [0.1, 0.15) is 5.75 Å². The minimum Gasteiger partial charge on any atom is -0.508 e. The number of halogens is 1. The van der Waals surface area contributed by atoms with Gasteiger partial charge in [-0.15, -0.1) is 0 Å². The predicted octanol–water partition coefficient (Wildman–Crippen LogP) is 2.08. The number of carbonyl (C=O) groups excluding carboxylic acids is 1. The molecule has 0 bridgehead atoms. The Balaban J connectivity index is 2.26. The Morgan fingerprint density at radius 3 is 2.31 bits per heavy atom. The van der Waals surface area contributed by atoms with E-state index >= 15 is 0 Å². The topological polar surface area (TPSA) is 37.3 Å². The minimum atomic E-state index is -1.61. The van der Waals surface area contributed by atoms with Crippen molar-refractivity contribution in [2.24, 2.45) is 0 Å². The number of phenols is 1. The molecule has 1 aliphatic carbocycles. The van der Waals surface area contributed by atoms with E-state index in [1.807, 2.05) is 0 Å². The van der Waals surface area contributed by atoms with E-state index in [0.717, 1.165) is 0 Å². The molecule has 0 radical (unpaired) electrons. The number of hydrogen-bond donors (Lipinski definition) is 1. The summed E-state index contributed by atoms with van der Waals surface area (Å²) in [6.07, 6.45) is 0.652. The molecule has 0 saturated heterocycles. The van der Waals surface area contributed by atoms with Crippen molar-refractivity contribution < 1.29 is 14.3 Å². The quantitative estimate of drug-likeness (QED) is 0.707. The van der Waals surface area contributed by atoms with Gasteiger partial charge >= 0.3 is 0 Å². The number of alkyl halides is 1. The highest BCUT2D eigenvalue weighted by Gasteiger charge is 2.50. The molecule has 0 amide bonds. The normalized spacial score (nSPS) is 18.2. The lowest BCUT2D eigenvalue weighted by molar-refractivity contribution is 0.0850. The third-order valence-electron chi connectivity index (χ3n) is 2.23. The number of phenolic OH excluding ortho intramolecular Hbond substituents is 1. The zero-order chi connectivity index (χ0) is 9.47. The first kappa shape index (κ1) is 8.23. The molecule has 0 atom stereocenters. The van der Waals surface area contributed by atoms with Crippen LogP contribution < -0.4 is 0 Å². The summed E-state index contributed by atoms with van der Waals surface area (Å²) < 4.78 is 13.3. The average molecular weight is 180 g/mol. The van der Waals surface area contributed by atoms with Crippen molar-refractivity contribution in [2.75, 3.05) is 0 Å². The molecule has 0 heterocycles. The first-order chi connectivity index (χ1) is 6.12. The second kappa shape index (κ2) is 2.55. The Hall–Kier alpha value is -1.38. The van der Waals surface area contributed by atoms with Crippen LogP contribution in [-0.2, 0) is 0 Å². The number of ketones is 1. The maximum Gasteiger partial charge on any atom is 0.199 e. The molecule has 2 rings (SSSR count). The maximum atomic E-state index is 13.3. The number of rotatable bonds is 2. The molecule has 1 aliphatic rings. The summed E-state index contributed by atoms with van der Waals surface area (Å²) in [5.41, 5.74) is -1.28. The van der Waals surface area contributed by atoms with Crippen molar-refractivity contribution in [1.82, 2.24) is 0 Å². The molecular weight excluding hydrogens is 171 g/mol. The number of hydrogen-bond acceptors (Lipinski definition) is 2. The zero-order valence-electron chi connectivity index (χ0n) is 6.96. The molecule has 1 aromatic rings. The van der Waals surface area contributed by atoms with Crippen LogP contribution in [0.3, 0.4) is 0 Å². The van der Waals surface area contributed by atoms with Crippen molar-refractivity contribution in [1.29, 1.82) is 0 Å². The second-order valence-electron chi connectivity index (χ2n) is 3.34. The van der Waals surface area contributed by atoms with Crippen LogP contribution in [0.1, 0.15) is 23.2 Å². The van der Waals surface area contributed by atoms with Crippen molar-refractivity contribution in [3.8, 4) is 5.75 Å². The van der Waals surface area contributed by atoms with Crippen LogP contribution in [0.2, 0.25) is 0 Å². The van der Waals surface area contributed by atoms with E-state index in [1.54, 1.807) is 0 Å². The van der Waals surface area contributed by atoms with E-state index in [1.165, 1.54) is 24.3 Å². The van der Waals surface area contributed by atoms with Gasteiger partial charge in [0.05, 0.1) is 0 Å². The highest BCUT2D eigenvalue weighted by Crippen LogP contribution is 2.42. The smallest absolute Gasteiger partial charge is 0.199 e. The summed E-state index contributed by atoms with van der Waals surface area (Å²) in [5, 5.41) is 8.95. The largest absolute Gasteiger partial charge is 0.508 e. The summed E-state index contributed by atoms with van der Waals surface area (Å²) >= 11 is 0. The number of carbonyl (C=O) groups is 1. The second-order valence-corrected chi connectivity index (χ2v) is 3.34. The first-order valence-electron chi connectivity index (χ1n) is 4.15. The van der Waals surface area contributed by atoms with E-state index < -0.39 is 11.5 Å². The third kappa shape index (κ3) is 1.41. The van der Waals surface area contributed by atoms with Crippen molar-refractivity contribution in [2.45, 2.75) is 18.5 Å². The SMILES string of the molecule is O=C(c1ccc(O)cc1)C1(F)CC1. The van der Waals surface area contributed by atoms with Gasteiger partial charge in [-0.05, 0) is 37.1 Å². The Bertz CT molecular complexity index is 338. The molecule has 0 unspecified atom stereocenters. The Morgan fingerprint density at radius 1 is 1.31 bits per heavy atom. The lowest BCUT2D eigenvalue weighted by atomic mass is 10.1. The lowest BCUT2D eigenvalue weighted by Crippen LogP contribution is -2.16. The Labute approximate surface area is 75.0 Å². The van der Waals surface area contributed by atoms with Gasteiger partial charge in [0.2, 0.25) is 0 Å². The van der Waals surface area contributed by atoms with E-state index in [2.05, 4.69) is 0 Å². The number of benzene rings is 1. The van der Waals surface area contributed by atoms with E-state index in [-0.39, 0.29) is 5.75 Å². The van der Waals surface area contributed by atoms with E-state index in [9.17, 15) is 9.18 Å². The highest BCUT2D eigenvalue weighted by atomic mass is 19.1. The van der Waals surface area contributed by atoms with Gasteiger partial charge in [0.25, 0.3) is 0 Å². The molecule has 13 heavy (non-hydrogen) atoms. The molecular formula is C10H9FO2. The summed E-state index contributed by atoms with van der Waals surface area (Å²) in [6, 6.07) is 5.66. The van der Waals surface area contributed by atoms with Gasteiger partial charge in [-0.2, -0.15) is 0 Å². The Morgan fingerprint density at radius 2 is 1.85 bits per heavy atom. The van der Waals surface area contributed by atoms with Crippen molar-refractivity contribution >= 4 is 5.78 Å². The molecule has 68 valence electrons. The minimum absolute atomic E-state index is 0.0836. The summed E-state index contributed by atoms with van der Waals surface area (Å²) in [6.45, 7) is 0. The van der Waals surface area contributed by atoms with Crippen LogP contribution in [-0.4, -0.2) is 16.6 Å². The van der Waals surface area contributed by atoms with Crippen LogP contribution in [0.4, 0.5) is 4.39 Å². The van der Waals surface area contributed by atoms with Gasteiger partial charge in [-0.1, -0.05) is 0 Å². The van der Waals surface area contributed by atoms with Gasteiger partial charge in [-0.25, -0.2) is 4.39 Å². The standard InChI is InChI=1S/C10H9FO2/c11-10(5-6-10)9(13)7-1-3-8(12)4-2-7/h1-4,12H,5-6H2. The fourth-order valence-electron chi connectivity index (χ4n) is 1.21. The van der Waals surface area contributed by atoms with Gasteiger partial charge < -0.3 is 5.11 Å². The molecule has 1 saturated carbocycles. The Kier molecular flexibility index (Phi) is 1.62. The molecule has 1 aromatic carbocycles. The first-order valence-corrected chi connectivity index (χ1v) is 4.15. The van der Waals surface area contributed by atoms with Crippen LogP contribution >= 0.6 is 0 Å². The number of aromatic hydroxyl groups is 1. The van der Waals surface area contributed by atoms with Crippen LogP contribution in [0.25, 0.3) is 0 Å². The zero-order valence-corrected chi connectivity index (χ0v) is 6.96. The average Bonchev–Trinajstić information content (AvgIpc) is 2.85. The van der Waals surface area contributed by atoms with Crippen LogP contribution in [0.5, 0.6) is 5.75 Å². The maximum absolute atomic E-state index is 13.3. The molecule has 2 nitrogen and oxygen atoms in total. The van der Waals surface area contributed by atoms with Crippen molar-refractivity contribution in [3.05, 3.63) is 29.8 Å². The van der Waals surface area contributed by atoms with Gasteiger partial charge in [0.15, 0.2) is 11.5 Å². The van der Waals surface area contributed by atoms with E-state index in [4.69, 9.17) is 5.11 Å². The fraction of sp³-hybridized carbons (Fsp3) is 0.300. The molecule has 1 N–H and O–H groups in total. The summed E-state index contributed by atoms with van der Waals surface area (Å²) in [4.78, 5) is 11.4. The summed E-state index contributed by atoms with van der Waals surface area (Å²) in [7, 11) is 0. The molecule has 0 aromatic heterocycles. The lowest BCUT2D eigenvalue weighted by Gasteiger charge is -2.03.